The fraction of sp³-hybridized carbons (Fsp3) is 0.348. The first-order chi connectivity index (χ1) is 25.6. The van der Waals surface area contributed by atoms with Gasteiger partial charge in [-0.2, -0.15) is 10.2 Å². The van der Waals surface area contributed by atoms with Crippen molar-refractivity contribution in [3.8, 4) is 23.0 Å². The molecule has 0 radical (unpaired) electrons. The lowest BCUT2D eigenvalue weighted by Crippen LogP contribution is -2.10. The van der Waals surface area contributed by atoms with Crippen molar-refractivity contribution in [3.63, 3.8) is 0 Å². The second-order valence-corrected chi connectivity index (χ2v) is 13.4. The van der Waals surface area contributed by atoms with E-state index in [1.54, 1.807) is 0 Å². The van der Waals surface area contributed by atoms with Crippen molar-refractivity contribution < 1.29 is 18.9 Å². The second-order valence-electron chi connectivity index (χ2n) is 13.4. The highest BCUT2D eigenvalue weighted by atomic mass is 16.5. The maximum atomic E-state index is 6.73. The summed E-state index contributed by atoms with van der Waals surface area (Å²) >= 11 is 0. The standard InChI is InChI=1S/C46H52N2O4/c1-5-25-49-43-33-15-12-16-35(43)30-36-19-14-20-38(45(36)51-27-7-3)32-41-42(48-47-40-21-10-9-11-22-40)24-23-39(46(41)52-28-8-4)31-37-18-13-17-34(29-33)44(37)50-26-6-2/h9-24H,5-8,25-32H2,1-4H3. The Morgan fingerprint density at radius 3 is 1.19 bits per heavy atom. The molecule has 5 aromatic carbocycles. The minimum atomic E-state index is 0.571. The second kappa shape index (κ2) is 18.4. The highest BCUT2D eigenvalue weighted by Crippen LogP contribution is 2.42. The summed E-state index contributed by atoms with van der Waals surface area (Å²) < 4.78 is 26.6. The molecule has 0 spiro atoms. The predicted octanol–water partition coefficient (Wildman–Crippen LogP) is 11.9. The van der Waals surface area contributed by atoms with E-state index in [-0.39, 0.29) is 0 Å². The zero-order valence-electron chi connectivity index (χ0n) is 31.3. The Morgan fingerprint density at radius 2 is 0.769 bits per heavy atom. The highest BCUT2D eigenvalue weighted by Gasteiger charge is 2.23. The van der Waals surface area contributed by atoms with Crippen LogP contribution in [0.3, 0.4) is 0 Å². The summed E-state index contributed by atoms with van der Waals surface area (Å²) in [5.74, 6) is 3.68. The smallest absolute Gasteiger partial charge is 0.128 e. The molecule has 0 N–H and O–H groups in total. The molecule has 0 aliphatic heterocycles. The fourth-order valence-corrected chi connectivity index (χ4v) is 6.78. The number of hydrogen-bond acceptors (Lipinski definition) is 6. The number of nitrogens with zero attached hydrogens (tertiary/aromatic N) is 2. The SMILES string of the molecule is CCCOc1c2cccc1Cc1cccc(c1OCCC)Cc1c(N=Nc3ccccc3)ccc(c1OCCC)Cc1cccc(c1OCCC)C2. The Kier molecular flexibility index (Phi) is 13.0. The van der Waals surface area contributed by atoms with E-state index in [0.29, 0.717) is 52.1 Å². The molecule has 6 rings (SSSR count). The molecule has 52 heavy (non-hydrogen) atoms. The fourth-order valence-electron chi connectivity index (χ4n) is 6.78. The van der Waals surface area contributed by atoms with Crippen LogP contribution in [0, 0.1) is 0 Å². The normalized spacial score (nSPS) is 12.5. The van der Waals surface area contributed by atoms with Crippen molar-refractivity contribution >= 4 is 11.4 Å². The molecule has 0 saturated heterocycles. The Bertz CT molecular complexity index is 1950. The maximum absolute atomic E-state index is 6.73. The van der Waals surface area contributed by atoms with E-state index in [2.05, 4.69) is 99.5 Å². The van der Waals surface area contributed by atoms with Crippen LogP contribution in [0.25, 0.3) is 0 Å². The first-order valence-corrected chi connectivity index (χ1v) is 19.1. The van der Waals surface area contributed by atoms with Crippen LogP contribution in [0.5, 0.6) is 23.0 Å². The van der Waals surface area contributed by atoms with Crippen molar-refractivity contribution in [3.05, 3.63) is 142 Å². The van der Waals surface area contributed by atoms with Crippen LogP contribution in [-0.2, 0) is 25.7 Å². The van der Waals surface area contributed by atoms with E-state index in [1.807, 2.05) is 30.3 Å². The molecule has 5 aromatic rings. The minimum absolute atomic E-state index is 0.571. The molecule has 8 bridgehead atoms. The number of rotatable bonds is 14. The molecule has 1 aliphatic carbocycles. The molecule has 0 amide bonds. The molecule has 0 atom stereocenters. The van der Waals surface area contributed by atoms with Crippen LogP contribution in [0.1, 0.15) is 97.9 Å². The highest BCUT2D eigenvalue weighted by molar-refractivity contribution is 5.62. The average Bonchev–Trinajstić information content (AvgIpc) is 3.16. The zero-order chi connectivity index (χ0) is 36.1. The van der Waals surface area contributed by atoms with Crippen LogP contribution >= 0.6 is 0 Å². The van der Waals surface area contributed by atoms with Gasteiger partial charge in [0, 0.05) is 31.2 Å². The van der Waals surface area contributed by atoms with Gasteiger partial charge in [-0.1, -0.05) is 107 Å². The largest absolute Gasteiger partial charge is 0.493 e. The quantitative estimate of drug-likeness (QED) is 0.106. The van der Waals surface area contributed by atoms with E-state index in [0.717, 1.165) is 105 Å². The van der Waals surface area contributed by atoms with E-state index in [9.17, 15) is 0 Å². The molecule has 0 unspecified atom stereocenters. The van der Waals surface area contributed by atoms with Crippen LogP contribution in [-0.4, -0.2) is 26.4 Å². The summed E-state index contributed by atoms with van der Waals surface area (Å²) in [5, 5.41) is 9.52. The molecule has 1 aliphatic rings. The Hall–Kier alpha value is -5.10. The van der Waals surface area contributed by atoms with Gasteiger partial charge in [0.2, 0.25) is 0 Å². The Morgan fingerprint density at radius 1 is 0.385 bits per heavy atom. The van der Waals surface area contributed by atoms with Gasteiger partial charge < -0.3 is 18.9 Å². The Balaban J connectivity index is 1.61. The van der Waals surface area contributed by atoms with Crippen molar-refractivity contribution in [1.29, 1.82) is 0 Å². The summed E-state index contributed by atoms with van der Waals surface area (Å²) in [7, 11) is 0. The van der Waals surface area contributed by atoms with Gasteiger partial charge in [0.05, 0.1) is 37.8 Å². The maximum Gasteiger partial charge on any atom is 0.128 e. The summed E-state index contributed by atoms with van der Waals surface area (Å²) in [6.45, 7) is 11.1. The number of fused-ring (bicyclic) bond motifs is 8. The molecular formula is C46H52N2O4. The molecule has 270 valence electrons. The van der Waals surface area contributed by atoms with E-state index in [1.165, 1.54) is 0 Å². The minimum Gasteiger partial charge on any atom is -0.493 e. The lowest BCUT2D eigenvalue weighted by molar-refractivity contribution is 0.304. The van der Waals surface area contributed by atoms with Gasteiger partial charge in [-0.15, -0.1) is 0 Å². The van der Waals surface area contributed by atoms with Crippen LogP contribution < -0.4 is 18.9 Å². The van der Waals surface area contributed by atoms with Crippen molar-refractivity contribution in [1.82, 2.24) is 0 Å². The number of hydrogen-bond donors (Lipinski definition) is 0. The number of para-hydroxylation sites is 3. The monoisotopic (exact) mass is 696 g/mol. The molecular weight excluding hydrogens is 645 g/mol. The number of benzene rings is 5. The average molecular weight is 697 g/mol. The van der Waals surface area contributed by atoms with E-state index in [4.69, 9.17) is 24.1 Å². The van der Waals surface area contributed by atoms with Crippen LogP contribution in [0.15, 0.2) is 107 Å². The van der Waals surface area contributed by atoms with Gasteiger partial charge in [0.1, 0.15) is 23.0 Å². The van der Waals surface area contributed by atoms with Gasteiger partial charge >= 0.3 is 0 Å². The Labute approximate surface area is 309 Å². The van der Waals surface area contributed by atoms with Gasteiger partial charge in [0.25, 0.3) is 0 Å². The first-order valence-electron chi connectivity index (χ1n) is 19.1. The summed E-state index contributed by atoms with van der Waals surface area (Å²) in [6, 6.07) is 33.7. The van der Waals surface area contributed by atoms with E-state index < -0.39 is 0 Å². The third-order valence-corrected chi connectivity index (χ3v) is 9.19. The first kappa shape index (κ1) is 36.7. The third-order valence-electron chi connectivity index (χ3n) is 9.19. The number of ether oxygens (including phenoxy) is 4. The summed E-state index contributed by atoms with van der Waals surface area (Å²) in [6.07, 6.45) is 6.24. The van der Waals surface area contributed by atoms with Crippen LogP contribution in [0.2, 0.25) is 0 Å². The third kappa shape index (κ3) is 8.85. The predicted molar refractivity (Wildman–Crippen MR) is 211 cm³/mol. The lowest BCUT2D eigenvalue weighted by atomic mass is 9.91. The molecule has 6 nitrogen and oxygen atoms in total. The molecule has 6 heteroatoms. The summed E-state index contributed by atoms with van der Waals surface area (Å²) in [4.78, 5) is 0. The van der Waals surface area contributed by atoms with Crippen molar-refractivity contribution in [2.24, 2.45) is 10.2 Å². The lowest BCUT2D eigenvalue weighted by Gasteiger charge is -2.23. The number of azo groups is 1. The van der Waals surface area contributed by atoms with Crippen molar-refractivity contribution in [2.45, 2.75) is 79.1 Å². The topological polar surface area (TPSA) is 61.6 Å². The van der Waals surface area contributed by atoms with Gasteiger partial charge in [-0.25, -0.2) is 0 Å². The molecule has 0 fully saturated rings. The van der Waals surface area contributed by atoms with Crippen LogP contribution in [0.4, 0.5) is 11.4 Å². The molecule has 0 saturated carbocycles. The van der Waals surface area contributed by atoms with Gasteiger partial charge in [-0.3, -0.25) is 0 Å². The molecule has 0 heterocycles. The van der Waals surface area contributed by atoms with Gasteiger partial charge in [0.15, 0.2) is 0 Å². The zero-order valence-corrected chi connectivity index (χ0v) is 31.3. The molecule has 0 aromatic heterocycles. The summed E-state index contributed by atoms with van der Waals surface area (Å²) in [5.41, 5.74) is 10.5. The van der Waals surface area contributed by atoms with Crippen molar-refractivity contribution in [2.75, 3.05) is 26.4 Å². The van der Waals surface area contributed by atoms with Gasteiger partial charge in [-0.05, 0) is 82.8 Å². The van der Waals surface area contributed by atoms with E-state index >= 15 is 0 Å².